The van der Waals surface area contributed by atoms with Crippen LogP contribution in [0.25, 0.3) is 0 Å². The van der Waals surface area contributed by atoms with Crippen LogP contribution >= 0.6 is 0 Å². The van der Waals surface area contributed by atoms with E-state index in [1.165, 1.54) is 93.6 Å². The van der Waals surface area contributed by atoms with E-state index in [0.29, 0.717) is 0 Å². The molecule has 0 amide bonds. The summed E-state index contributed by atoms with van der Waals surface area (Å²) in [7, 11) is -4.27. The van der Waals surface area contributed by atoms with Crippen LogP contribution in [0.15, 0.2) is 29.2 Å². The highest BCUT2D eigenvalue weighted by Crippen LogP contribution is 2.10. The minimum absolute atomic E-state index is 0.178. The predicted octanol–water partition coefficient (Wildman–Crippen LogP) is 3.47. The molecule has 0 saturated heterocycles. The number of aryl methyl sites for hydroxylation is 1. The van der Waals surface area contributed by atoms with E-state index in [9.17, 15) is 18.1 Å². The van der Waals surface area contributed by atoms with Gasteiger partial charge in [-0.2, -0.15) is 4.58 Å². The Morgan fingerprint density at radius 1 is 0.969 bits per heavy atom. The quantitative estimate of drug-likeness (QED) is 0.263. The van der Waals surface area contributed by atoms with Crippen molar-refractivity contribution in [2.45, 2.75) is 103 Å². The first kappa shape index (κ1) is 28.8. The molecule has 32 heavy (non-hydrogen) atoms. The summed E-state index contributed by atoms with van der Waals surface area (Å²) in [4.78, 5) is 1.07. The zero-order valence-corrected chi connectivity index (χ0v) is 21.4. The van der Waals surface area contributed by atoms with Gasteiger partial charge in [0.25, 0.3) is 0 Å². The Hall–Kier alpha value is -1.28. The van der Waals surface area contributed by atoms with Gasteiger partial charge >= 0.3 is 5.84 Å². The van der Waals surface area contributed by atoms with E-state index in [1.807, 2.05) is 13.8 Å². The van der Waals surface area contributed by atoms with Crippen molar-refractivity contribution in [3.63, 3.8) is 0 Å². The van der Waals surface area contributed by atoms with Gasteiger partial charge in [-0.25, -0.2) is 13.3 Å². The van der Waals surface area contributed by atoms with E-state index in [-0.39, 0.29) is 11.1 Å². The highest BCUT2D eigenvalue weighted by Gasteiger charge is 2.33. The summed E-state index contributed by atoms with van der Waals surface area (Å²) < 4.78 is 33.6. The standard InChI is InChI=1S/C18H37N2O.C7H8O3S/c1-4-5-6-7-8-9-10-11-12-13-14-19-15-16-20(17(19)2)18(3)21;1-6-2-4-7(5-3-6)11(8,9)10/h18,21H,4-16H2,1-3H3;2-5H,1H3,(H,8,9,10)/q+1;. The van der Waals surface area contributed by atoms with Crippen molar-refractivity contribution in [1.82, 2.24) is 0 Å². The molecule has 2 rings (SSSR count). The molecule has 1 heterocycles. The monoisotopic (exact) mass is 469 g/mol. The molecule has 1 aliphatic heterocycles. The third kappa shape index (κ3) is 11.5. The van der Waals surface area contributed by atoms with E-state index >= 15 is 0 Å². The lowest BCUT2D eigenvalue weighted by atomic mass is 10.1. The zero-order chi connectivity index (χ0) is 24.0. The molecule has 0 bridgehead atoms. The van der Waals surface area contributed by atoms with Crippen molar-refractivity contribution >= 4 is 16.0 Å². The lowest BCUT2D eigenvalue weighted by Crippen LogP contribution is -3.16. The molecule has 0 radical (unpaired) electrons. The molecule has 1 aromatic rings. The van der Waals surface area contributed by atoms with E-state index in [0.717, 1.165) is 18.7 Å². The van der Waals surface area contributed by atoms with Gasteiger partial charge in [0.05, 0.1) is 11.8 Å². The first-order chi connectivity index (χ1) is 15.2. The van der Waals surface area contributed by atoms with Gasteiger partial charge in [0.2, 0.25) is 0 Å². The van der Waals surface area contributed by atoms with E-state index in [2.05, 4.69) is 18.4 Å². The summed E-state index contributed by atoms with van der Waals surface area (Å²) >= 11 is 0. The Morgan fingerprint density at radius 2 is 1.47 bits per heavy atom. The van der Waals surface area contributed by atoms with Gasteiger partial charge in [-0.05, 0) is 25.5 Å². The van der Waals surface area contributed by atoms with Gasteiger partial charge < -0.3 is 9.66 Å². The molecule has 7 heteroatoms. The fourth-order valence-electron chi connectivity index (χ4n) is 4.09. The molecule has 2 N–H and O–H groups in total. The van der Waals surface area contributed by atoms with Crippen molar-refractivity contribution in [3.8, 4) is 0 Å². The lowest BCUT2D eigenvalue weighted by molar-refractivity contribution is -0.855. The Bertz CT molecular complexity index is 774. The van der Waals surface area contributed by atoms with Gasteiger partial charge in [-0.15, -0.1) is 0 Å². The van der Waals surface area contributed by atoms with Gasteiger partial charge in [-0.1, -0.05) is 76.0 Å². The smallest absolute Gasteiger partial charge is 0.335 e. The van der Waals surface area contributed by atoms with Crippen LogP contribution in [0.2, 0.25) is 0 Å². The molecule has 2 unspecified atom stereocenters. The average molecular weight is 470 g/mol. The normalized spacial score (nSPS) is 17.2. The van der Waals surface area contributed by atoms with Crippen molar-refractivity contribution in [1.29, 1.82) is 0 Å². The van der Waals surface area contributed by atoms with Crippen LogP contribution in [0.1, 0.15) is 90.5 Å². The van der Waals surface area contributed by atoms with Crippen LogP contribution in [0.4, 0.5) is 0 Å². The number of unbranched alkanes of at least 4 members (excludes halogenated alkanes) is 9. The number of hydrogen-bond acceptors (Lipinski definition) is 4. The van der Waals surface area contributed by atoms with Crippen molar-refractivity contribution in [2.75, 3.05) is 19.6 Å². The first-order valence-electron chi connectivity index (χ1n) is 12.3. The number of amidine groups is 1. The number of rotatable bonds is 13. The van der Waals surface area contributed by atoms with Crippen LogP contribution in [0.5, 0.6) is 0 Å². The zero-order valence-electron chi connectivity index (χ0n) is 20.6. The second-order valence-electron chi connectivity index (χ2n) is 8.97. The molecule has 1 aliphatic rings. The number of hydrogen-bond donors (Lipinski definition) is 2. The molecule has 2 atom stereocenters. The number of aliphatic hydroxyl groups excluding tert-OH is 1. The fraction of sp³-hybridized carbons (Fsp3) is 0.720. The van der Waals surface area contributed by atoms with Crippen molar-refractivity contribution in [2.24, 2.45) is 0 Å². The second kappa shape index (κ2) is 15.5. The number of nitrogens with zero attached hydrogens (tertiary/aromatic N) is 1. The highest BCUT2D eigenvalue weighted by atomic mass is 32.2. The molecule has 0 spiro atoms. The molecule has 184 valence electrons. The summed E-state index contributed by atoms with van der Waals surface area (Å²) in [5.74, 6) is 1.33. The topological polar surface area (TPSA) is 84.9 Å². The van der Waals surface area contributed by atoms with Crippen molar-refractivity contribution < 1.29 is 27.6 Å². The average Bonchev–Trinajstić information content (AvgIpc) is 3.10. The van der Waals surface area contributed by atoms with E-state index < -0.39 is 10.1 Å². The van der Waals surface area contributed by atoms with Crippen LogP contribution in [-0.2, 0) is 10.1 Å². The minimum Gasteiger partial charge on any atom is -0.744 e. The SMILES string of the molecule is CCCCCCCCCCCC[N+]1=C(C)[NH+](C(C)O)CC1.Cc1ccc(S(=O)(=O)[O-])cc1. The second-order valence-corrected chi connectivity index (χ2v) is 10.4. The third-order valence-corrected chi connectivity index (χ3v) is 7.04. The largest absolute Gasteiger partial charge is 0.744 e. The number of aliphatic hydroxyl groups is 1. The summed E-state index contributed by atoms with van der Waals surface area (Å²) in [5.41, 5.74) is 0.928. The highest BCUT2D eigenvalue weighted by molar-refractivity contribution is 7.85. The molecule has 6 nitrogen and oxygen atoms in total. The van der Waals surface area contributed by atoms with E-state index in [1.54, 1.807) is 12.1 Å². The van der Waals surface area contributed by atoms with Crippen LogP contribution < -0.4 is 4.90 Å². The van der Waals surface area contributed by atoms with Gasteiger partial charge in [-0.3, -0.25) is 0 Å². The molecular weight excluding hydrogens is 424 g/mol. The minimum atomic E-state index is -4.27. The van der Waals surface area contributed by atoms with Gasteiger partial charge in [0.1, 0.15) is 23.2 Å². The molecule has 0 saturated carbocycles. The maximum atomic E-state index is 10.4. The maximum Gasteiger partial charge on any atom is 0.335 e. The predicted molar refractivity (Wildman–Crippen MR) is 129 cm³/mol. The Labute approximate surface area is 196 Å². The Kier molecular flexibility index (Phi) is 14.0. The summed E-state index contributed by atoms with van der Waals surface area (Å²) in [5, 5.41) is 9.70. The summed E-state index contributed by atoms with van der Waals surface area (Å²) in [6, 6.07) is 5.78. The number of benzene rings is 1. The van der Waals surface area contributed by atoms with Crippen molar-refractivity contribution in [3.05, 3.63) is 29.8 Å². The Balaban J connectivity index is 0.000000389. The molecule has 0 fully saturated rings. The van der Waals surface area contributed by atoms with Gasteiger partial charge in [0.15, 0.2) is 12.8 Å². The number of nitrogens with one attached hydrogen (secondary N) is 1. The summed E-state index contributed by atoms with van der Waals surface area (Å²) in [6.45, 7) is 11.5. The van der Waals surface area contributed by atoms with Crippen LogP contribution in [-0.4, -0.2) is 54.4 Å². The summed E-state index contributed by atoms with van der Waals surface area (Å²) in [6.07, 6.45) is 13.7. The van der Waals surface area contributed by atoms with Crippen LogP contribution in [0, 0.1) is 6.92 Å². The molecule has 0 aromatic heterocycles. The number of quaternary nitrogens is 1. The third-order valence-electron chi connectivity index (χ3n) is 6.19. The maximum absolute atomic E-state index is 10.4. The molecular formula is C25H45N2O4S+. The lowest BCUT2D eigenvalue weighted by Gasteiger charge is -2.10. The van der Waals surface area contributed by atoms with Gasteiger partial charge in [0, 0.05) is 13.3 Å². The molecule has 0 aliphatic carbocycles. The molecule has 1 aromatic carbocycles. The first-order valence-corrected chi connectivity index (χ1v) is 13.7. The van der Waals surface area contributed by atoms with Crippen LogP contribution in [0.3, 0.4) is 0 Å². The fourth-order valence-corrected chi connectivity index (χ4v) is 4.56. The Morgan fingerprint density at radius 3 is 1.91 bits per heavy atom. The van der Waals surface area contributed by atoms with E-state index in [4.69, 9.17) is 0 Å².